The first-order valence-corrected chi connectivity index (χ1v) is 12.8. The largest absolute Gasteiger partial charge is 0.512 e. The third-order valence-electron chi connectivity index (χ3n) is 7.86. The molecule has 6 aliphatic rings. The second kappa shape index (κ2) is 13.2. The highest BCUT2D eigenvalue weighted by molar-refractivity contribution is 5.87. The Morgan fingerprint density at radius 1 is 0.700 bits per heavy atom. The Kier molecular flexibility index (Phi) is 11.4. The molecular weight excluding hydrogens is 520 g/mol. The van der Waals surface area contributed by atoms with Gasteiger partial charge in [0.15, 0.2) is 11.8 Å². The van der Waals surface area contributed by atoms with Crippen LogP contribution in [-0.4, -0.2) is 103 Å². The zero-order chi connectivity index (χ0) is 27.0. The number of carbonyl (C=O) groups excluding carboxylic acids is 4. The summed E-state index contributed by atoms with van der Waals surface area (Å²) in [6.45, 7) is 8.73. The van der Waals surface area contributed by atoms with E-state index >= 15 is 0 Å². The first kappa shape index (κ1) is 34.4. The fraction of sp³-hybridized carbons (Fsp3) is 0.769. The van der Waals surface area contributed by atoms with Gasteiger partial charge in [-0.1, -0.05) is 22.3 Å². The quantitative estimate of drug-likeness (QED) is 0.244. The van der Waals surface area contributed by atoms with Gasteiger partial charge < -0.3 is 31.5 Å². The van der Waals surface area contributed by atoms with Crippen molar-refractivity contribution in [2.75, 3.05) is 19.6 Å². The molecule has 14 nitrogen and oxygen atoms in total. The molecule has 0 saturated carbocycles. The number of nitrogens with zero attached hydrogens (tertiary/aromatic N) is 4. The van der Waals surface area contributed by atoms with Crippen molar-refractivity contribution in [2.45, 2.75) is 111 Å². The van der Waals surface area contributed by atoms with Gasteiger partial charge in [0, 0.05) is 25.2 Å². The van der Waals surface area contributed by atoms with Crippen molar-refractivity contribution in [1.29, 1.82) is 0 Å². The first-order valence-electron chi connectivity index (χ1n) is 12.8. The molecule has 6 fully saturated rings. The molecule has 230 valence electrons. The van der Waals surface area contributed by atoms with E-state index in [1.165, 1.54) is 0 Å². The summed E-state index contributed by atoms with van der Waals surface area (Å²) in [4.78, 5) is 55.3. The average Bonchev–Trinajstić information content (AvgIpc) is 3.47. The van der Waals surface area contributed by atoms with Crippen LogP contribution in [0.3, 0.4) is 0 Å². The molecule has 14 heteroatoms. The Balaban J connectivity index is 0.000000396. The summed E-state index contributed by atoms with van der Waals surface area (Å²) in [5, 5.41) is 24.9. The van der Waals surface area contributed by atoms with Crippen molar-refractivity contribution in [1.82, 2.24) is 40.9 Å². The number of hydrogen-bond donors (Lipinski definition) is 6. The Labute approximate surface area is 238 Å². The van der Waals surface area contributed by atoms with Crippen molar-refractivity contribution < 1.29 is 29.4 Å². The second-order valence-electron chi connectivity index (χ2n) is 10.7. The molecule has 0 unspecified atom stereocenters. The predicted molar refractivity (Wildman–Crippen MR) is 152 cm³/mol. The molecule has 0 aromatic carbocycles. The minimum absolute atomic E-state index is 0. The monoisotopic (exact) mass is 570 g/mol. The number of amides is 8. The smallest absolute Gasteiger partial charge is 0.324 e. The molecule has 0 spiro atoms. The highest BCUT2D eigenvalue weighted by atomic mass is 16.3. The molecule has 6 N–H and O–H groups in total. The van der Waals surface area contributed by atoms with E-state index in [-0.39, 0.29) is 70.4 Å². The van der Waals surface area contributed by atoms with Gasteiger partial charge in [-0.25, -0.2) is 19.2 Å². The molecule has 0 aliphatic carbocycles. The van der Waals surface area contributed by atoms with E-state index in [0.717, 1.165) is 58.2 Å². The maximum absolute atomic E-state index is 13.2. The lowest BCUT2D eigenvalue weighted by Crippen LogP contribution is -2.63. The van der Waals surface area contributed by atoms with Gasteiger partial charge >= 0.3 is 24.1 Å². The molecule has 0 aromatic heterocycles. The Morgan fingerprint density at radius 3 is 1.65 bits per heavy atom. The molecule has 8 amide bonds. The maximum atomic E-state index is 13.2. The SMILES string of the molecule is C.C.C.CC1(C)CCCCN2C(=O)N1[C@@]1(C)[C@@H]2N2CCCCCN1C2=O.O/C=C/O.O=C1NC2NC(=O)NC2N1. The van der Waals surface area contributed by atoms with E-state index in [4.69, 9.17) is 10.2 Å². The number of urea groups is 4. The standard InChI is InChI=1S/C17H28N4O2.C4H6N4O2.C2H4O2.3CH4/c1-16(2)9-5-8-11-19-13-17(3,21(16)15(19)23)20-12-7-4-6-10-18(13)14(20)22;9-3-5-1-2(7-3)8-4(10)6-1;3-1-2-4;;;/h13H,4-12H2,1-3H3;1-2H,(H2,5,7,9)(H2,6,8,10);1-4H;3*1H4/b;;2-1+;;;/t13-,17+;;;;;/m1...../s1. The third kappa shape index (κ3) is 5.80. The predicted octanol–water partition coefficient (Wildman–Crippen LogP) is 3.40. The minimum Gasteiger partial charge on any atom is -0.512 e. The Morgan fingerprint density at radius 2 is 1.15 bits per heavy atom. The second-order valence-corrected chi connectivity index (χ2v) is 10.7. The third-order valence-corrected chi connectivity index (χ3v) is 7.86. The van der Waals surface area contributed by atoms with E-state index in [1.807, 2.05) is 19.6 Å². The Hall–Kier alpha value is -3.58. The lowest BCUT2D eigenvalue weighted by Gasteiger charge is -2.47. The molecule has 6 aliphatic heterocycles. The number of carbonyl (C=O) groups is 4. The van der Waals surface area contributed by atoms with Crippen molar-refractivity contribution >= 4 is 24.1 Å². The van der Waals surface area contributed by atoms with Gasteiger partial charge in [0.25, 0.3) is 0 Å². The van der Waals surface area contributed by atoms with Gasteiger partial charge in [-0.3, -0.25) is 19.6 Å². The zero-order valence-electron chi connectivity index (χ0n) is 21.6. The summed E-state index contributed by atoms with van der Waals surface area (Å²) in [6.07, 6.45) is 6.78. The van der Waals surface area contributed by atoms with Crippen LogP contribution in [0.2, 0.25) is 0 Å². The number of fused-ring (bicyclic) bond motifs is 10. The average molecular weight is 571 g/mol. The van der Waals surface area contributed by atoms with Crippen LogP contribution in [-0.2, 0) is 0 Å². The van der Waals surface area contributed by atoms with Crippen LogP contribution < -0.4 is 21.3 Å². The highest BCUT2D eigenvalue weighted by Gasteiger charge is 2.69. The molecule has 40 heavy (non-hydrogen) atoms. The summed E-state index contributed by atoms with van der Waals surface area (Å²) in [7, 11) is 0. The number of hydrogen-bond acceptors (Lipinski definition) is 6. The van der Waals surface area contributed by atoms with Crippen molar-refractivity contribution in [2.24, 2.45) is 0 Å². The van der Waals surface area contributed by atoms with Crippen LogP contribution in [0.1, 0.15) is 81.6 Å². The molecule has 6 saturated heterocycles. The number of aliphatic hydroxyl groups is 2. The molecule has 0 aromatic rings. The maximum Gasteiger partial charge on any atom is 0.324 e. The topological polar surface area (TPSA) is 170 Å². The molecule has 0 radical (unpaired) electrons. The highest BCUT2D eigenvalue weighted by Crippen LogP contribution is 2.49. The normalized spacial score (nSPS) is 30.8. The first-order chi connectivity index (χ1) is 17.6. The van der Waals surface area contributed by atoms with Crippen LogP contribution >= 0.6 is 0 Å². The summed E-state index contributed by atoms with van der Waals surface area (Å²) in [5.74, 6) is 0. The van der Waals surface area contributed by atoms with Crippen LogP contribution in [0.4, 0.5) is 19.2 Å². The molecule has 4 bridgehead atoms. The van der Waals surface area contributed by atoms with Crippen LogP contribution in [0.15, 0.2) is 12.5 Å². The van der Waals surface area contributed by atoms with E-state index in [1.54, 1.807) is 0 Å². The minimum atomic E-state index is -0.535. The van der Waals surface area contributed by atoms with E-state index in [0.29, 0.717) is 12.5 Å². The molecule has 6 heterocycles. The van der Waals surface area contributed by atoms with Gasteiger partial charge in [0.2, 0.25) is 0 Å². The van der Waals surface area contributed by atoms with Crippen molar-refractivity contribution in [3.8, 4) is 0 Å². The van der Waals surface area contributed by atoms with Crippen molar-refractivity contribution in [3.63, 3.8) is 0 Å². The lowest BCUT2D eigenvalue weighted by atomic mass is 9.92. The van der Waals surface area contributed by atoms with Crippen molar-refractivity contribution in [3.05, 3.63) is 12.5 Å². The number of rotatable bonds is 0. The zero-order valence-corrected chi connectivity index (χ0v) is 21.6. The van der Waals surface area contributed by atoms with Crippen LogP contribution in [0.25, 0.3) is 0 Å². The molecule has 2 atom stereocenters. The Bertz CT molecular complexity index is 919. The van der Waals surface area contributed by atoms with Gasteiger partial charge in [0.1, 0.15) is 24.9 Å². The van der Waals surface area contributed by atoms with E-state index in [9.17, 15) is 19.2 Å². The van der Waals surface area contributed by atoms with Gasteiger partial charge in [-0.15, -0.1) is 0 Å². The molecule has 6 rings (SSSR count). The van der Waals surface area contributed by atoms with Gasteiger partial charge in [-0.2, -0.15) is 0 Å². The molecular formula is C26H50N8O6. The summed E-state index contributed by atoms with van der Waals surface area (Å²) < 4.78 is 0. The summed E-state index contributed by atoms with van der Waals surface area (Å²) in [5.41, 5.74) is -0.756. The van der Waals surface area contributed by atoms with Gasteiger partial charge in [-0.05, 0) is 59.3 Å². The fourth-order valence-electron chi connectivity index (χ4n) is 6.38. The number of aliphatic hydroxyl groups excluding tert-OH is 2. The van der Waals surface area contributed by atoms with Crippen LogP contribution in [0.5, 0.6) is 0 Å². The van der Waals surface area contributed by atoms with Crippen LogP contribution in [0, 0.1) is 0 Å². The van der Waals surface area contributed by atoms with E-state index in [2.05, 4.69) is 42.0 Å². The van der Waals surface area contributed by atoms with E-state index < -0.39 is 5.66 Å². The number of nitrogens with one attached hydrogen (secondary N) is 4. The van der Waals surface area contributed by atoms with Gasteiger partial charge in [0.05, 0.1) is 0 Å². The summed E-state index contributed by atoms with van der Waals surface area (Å²) >= 11 is 0. The summed E-state index contributed by atoms with van der Waals surface area (Å²) in [6, 6.07) is -0.286. The lowest BCUT2D eigenvalue weighted by molar-refractivity contribution is -0.0200. The fourth-order valence-corrected chi connectivity index (χ4v) is 6.38.